The number of likely N-dealkylation sites (tertiary alicyclic amines) is 2. The Balaban J connectivity index is 1.42. The van der Waals surface area contributed by atoms with Crippen molar-refractivity contribution in [1.29, 1.82) is 0 Å². The van der Waals surface area contributed by atoms with Crippen LogP contribution in [0.15, 0.2) is 0 Å². The zero-order chi connectivity index (χ0) is 14.7. The first-order chi connectivity index (χ1) is 10.3. The molecule has 3 fully saturated rings. The Hall–Kier alpha value is -0.810. The number of urea groups is 1. The van der Waals surface area contributed by atoms with Crippen LogP contribution in [0.2, 0.25) is 0 Å². The molecule has 1 saturated carbocycles. The van der Waals surface area contributed by atoms with E-state index in [1.807, 2.05) is 4.90 Å². The monoisotopic (exact) mass is 295 g/mol. The first kappa shape index (κ1) is 15.1. The van der Waals surface area contributed by atoms with Gasteiger partial charge in [0, 0.05) is 32.2 Å². The Kier molecular flexibility index (Phi) is 5.01. The van der Waals surface area contributed by atoms with Crippen LogP contribution in [-0.4, -0.2) is 65.8 Å². The molecular weight excluding hydrogens is 266 g/mol. The predicted octanol–water partition coefficient (Wildman–Crippen LogP) is 1.42. The van der Waals surface area contributed by atoms with E-state index in [0.717, 1.165) is 44.8 Å². The Morgan fingerprint density at radius 3 is 2.67 bits per heavy atom. The van der Waals surface area contributed by atoms with Crippen molar-refractivity contribution in [2.75, 3.05) is 32.8 Å². The second-order valence-electron chi connectivity index (χ2n) is 7.02. The zero-order valence-corrected chi connectivity index (χ0v) is 13.0. The average molecular weight is 295 g/mol. The van der Waals surface area contributed by atoms with E-state index >= 15 is 0 Å². The molecule has 0 spiro atoms. The molecule has 2 atom stereocenters. The van der Waals surface area contributed by atoms with Crippen molar-refractivity contribution in [2.45, 2.75) is 57.0 Å². The van der Waals surface area contributed by atoms with Crippen LogP contribution in [0.25, 0.3) is 0 Å². The second kappa shape index (κ2) is 6.97. The van der Waals surface area contributed by atoms with Gasteiger partial charge in [0.15, 0.2) is 0 Å². The quantitative estimate of drug-likeness (QED) is 0.825. The average Bonchev–Trinajstić information content (AvgIpc) is 3.20. The van der Waals surface area contributed by atoms with E-state index in [2.05, 4.69) is 10.2 Å². The van der Waals surface area contributed by atoms with Gasteiger partial charge in [0.25, 0.3) is 0 Å². The van der Waals surface area contributed by atoms with Gasteiger partial charge in [0.2, 0.25) is 0 Å². The van der Waals surface area contributed by atoms with E-state index in [9.17, 15) is 9.90 Å². The number of amides is 2. The number of aliphatic hydroxyl groups is 1. The summed E-state index contributed by atoms with van der Waals surface area (Å²) in [6.07, 6.45) is 8.58. The van der Waals surface area contributed by atoms with Crippen molar-refractivity contribution in [3.05, 3.63) is 0 Å². The van der Waals surface area contributed by atoms with Crippen LogP contribution < -0.4 is 5.32 Å². The summed E-state index contributed by atoms with van der Waals surface area (Å²) in [5, 5.41) is 12.5. The molecule has 0 aromatic rings. The largest absolute Gasteiger partial charge is 0.394 e. The van der Waals surface area contributed by atoms with E-state index in [1.54, 1.807) is 0 Å². The smallest absolute Gasteiger partial charge is 0.317 e. The molecule has 0 bridgehead atoms. The molecule has 0 unspecified atom stereocenters. The molecule has 0 aromatic carbocycles. The lowest BCUT2D eigenvalue weighted by molar-refractivity contribution is 0.154. The van der Waals surface area contributed by atoms with E-state index in [-0.39, 0.29) is 18.7 Å². The van der Waals surface area contributed by atoms with Crippen molar-refractivity contribution >= 4 is 6.03 Å². The van der Waals surface area contributed by atoms with E-state index in [4.69, 9.17) is 0 Å². The minimum absolute atomic E-state index is 0.0271. The maximum absolute atomic E-state index is 12.3. The third-order valence-corrected chi connectivity index (χ3v) is 5.44. The Bertz CT molecular complexity index is 357. The minimum atomic E-state index is 0.0271. The molecule has 0 radical (unpaired) electrons. The molecule has 2 amide bonds. The minimum Gasteiger partial charge on any atom is -0.394 e. The van der Waals surface area contributed by atoms with Crippen molar-refractivity contribution < 1.29 is 9.90 Å². The number of rotatable bonds is 4. The van der Waals surface area contributed by atoms with Gasteiger partial charge in [-0.15, -0.1) is 0 Å². The van der Waals surface area contributed by atoms with Gasteiger partial charge in [-0.1, -0.05) is 12.8 Å². The summed E-state index contributed by atoms with van der Waals surface area (Å²) < 4.78 is 0. The number of carbonyl (C=O) groups excluding carboxylic acids is 1. The molecule has 2 saturated heterocycles. The maximum atomic E-state index is 12.3. The lowest BCUT2D eigenvalue weighted by Gasteiger charge is -2.26. The number of aliphatic hydroxyl groups excluding tert-OH is 1. The van der Waals surface area contributed by atoms with Gasteiger partial charge in [-0.25, -0.2) is 4.79 Å². The first-order valence-corrected chi connectivity index (χ1v) is 8.66. The predicted molar refractivity (Wildman–Crippen MR) is 82.1 cm³/mol. The lowest BCUT2D eigenvalue weighted by Crippen LogP contribution is -2.48. The second-order valence-corrected chi connectivity index (χ2v) is 7.02. The highest BCUT2D eigenvalue weighted by atomic mass is 16.3. The Morgan fingerprint density at radius 2 is 1.90 bits per heavy atom. The van der Waals surface area contributed by atoms with Crippen LogP contribution in [0.5, 0.6) is 0 Å². The summed E-state index contributed by atoms with van der Waals surface area (Å²) in [5.74, 6) is 0.886. The summed E-state index contributed by atoms with van der Waals surface area (Å²) >= 11 is 0. The van der Waals surface area contributed by atoms with E-state index in [0.29, 0.717) is 6.04 Å². The summed E-state index contributed by atoms with van der Waals surface area (Å²) in [7, 11) is 0. The van der Waals surface area contributed by atoms with Gasteiger partial charge < -0.3 is 20.2 Å². The molecule has 5 nitrogen and oxygen atoms in total. The number of nitrogens with zero attached hydrogens (tertiary/aromatic N) is 2. The highest BCUT2D eigenvalue weighted by molar-refractivity contribution is 5.75. The molecule has 3 aliphatic rings. The Morgan fingerprint density at radius 1 is 1.10 bits per heavy atom. The molecule has 0 aromatic heterocycles. The molecule has 2 heterocycles. The van der Waals surface area contributed by atoms with Gasteiger partial charge in [-0.05, 0) is 38.0 Å². The normalized spacial score (nSPS) is 31.2. The summed E-state index contributed by atoms with van der Waals surface area (Å²) in [4.78, 5) is 16.6. The van der Waals surface area contributed by atoms with Crippen LogP contribution in [0.1, 0.15) is 44.9 Å². The van der Waals surface area contributed by atoms with Crippen LogP contribution in [0.4, 0.5) is 4.79 Å². The fourth-order valence-corrected chi connectivity index (χ4v) is 4.22. The van der Waals surface area contributed by atoms with Crippen LogP contribution in [0.3, 0.4) is 0 Å². The van der Waals surface area contributed by atoms with E-state index in [1.165, 1.54) is 32.2 Å². The Labute approximate surface area is 127 Å². The molecule has 1 aliphatic carbocycles. The van der Waals surface area contributed by atoms with Gasteiger partial charge in [0.05, 0.1) is 12.6 Å². The van der Waals surface area contributed by atoms with Crippen molar-refractivity contribution in [3.63, 3.8) is 0 Å². The van der Waals surface area contributed by atoms with Crippen molar-refractivity contribution in [1.82, 2.24) is 15.1 Å². The van der Waals surface area contributed by atoms with Gasteiger partial charge in [0.1, 0.15) is 0 Å². The third-order valence-electron chi connectivity index (χ3n) is 5.44. The lowest BCUT2D eigenvalue weighted by atomic mass is 10.1. The number of hydrogen-bond donors (Lipinski definition) is 2. The first-order valence-electron chi connectivity index (χ1n) is 8.66. The van der Waals surface area contributed by atoms with Crippen molar-refractivity contribution in [3.8, 4) is 0 Å². The van der Waals surface area contributed by atoms with Gasteiger partial charge >= 0.3 is 6.03 Å². The topological polar surface area (TPSA) is 55.8 Å². The maximum Gasteiger partial charge on any atom is 0.317 e. The molecule has 2 N–H and O–H groups in total. The van der Waals surface area contributed by atoms with E-state index < -0.39 is 0 Å². The fraction of sp³-hybridized carbons (Fsp3) is 0.938. The molecule has 21 heavy (non-hydrogen) atoms. The summed E-state index contributed by atoms with van der Waals surface area (Å²) in [5.41, 5.74) is 0. The highest BCUT2D eigenvalue weighted by Gasteiger charge is 2.31. The summed E-state index contributed by atoms with van der Waals surface area (Å²) in [6, 6.07) is 0.346. The highest BCUT2D eigenvalue weighted by Crippen LogP contribution is 2.26. The van der Waals surface area contributed by atoms with Crippen molar-refractivity contribution in [2.24, 2.45) is 5.92 Å². The molecule has 2 aliphatic heterocycles. The standard InChI is InChI=1S/C16H29N3O2/c20-12-15-6-3-8-19(15)16(21)17-14-7-9-18(11-14)10-13-4-1-2-5-13/h13-15,20H,1-12H2,(H,17,21)/t14-,15-/m1/s1. The third kappa shape index (κ3) is 3.69. The molecular formula is C16H29N3O2. The molecule has 3 rings (SSSR count). The molecule has 5 heteroatoms. The fourth-order valence-electron chi connectivity index (χ4n) is 4.22. The van der Waals surface area contributed by atoms with Crippen LogP contribution in [-0.2, 0) is 0 Å². The van der Waals surface area contributed by atoms with Crippen LogP contribution >= 0.6 is 0 Å². The zero-order valence-electron chi connectivity index (χ0n) is 13.0. The van der Waals surface area contributed by atoms with Gasteiger partial charge in [-0.3, -0.25) is 0 Å². The number of carbonyl (C=O) groups is 1. The van der Waals surface area contributed by atoms with Crippen LogP contribution in [0, 0.1) is 5.92 Å². The van der Waals surface area contributed by atoms with Gasteiger partial charge in [-0.2, -0.15) is 0 Å². The molecule has 120 valence electrons. The number of nitrogens with one attached hydrogen (secondary N) is 1. The SMILES string of the molecule is O=C(N[C@@H]1CCN(CC2CCCC2)C1)N1CCC[C@@H]1CO. The summed E-state index contributed by atoms with van der Waals surface area (Å²) in [6.45, 7) is 4.21. The number of hydrogen-bond acceptors (Lipinski definition) is 3.